The van der Waals surface area contributed by atoms with Gasteiger partial charge in [0.15, 0.2) is 21.5 Å². The lowest BCUT2D eigenvalue weighted by atomic mass is 9.95. The number of ether oxygens (including phenoxy) is 1. The summed E-state index contributed by atoms with van der Waals surface area (Å²) in [5.41, 5.74) is 1.07. The molecule has 0 fully saturated rings. The third kappa shape index (κ3) is 3.57. The predicted molar refractivity (Wildman–Crippen MR) is 120 cm³/mol. The Hall–Kier alpha value is -3.57. The highest BCUT2D eigenvalue weighted by Gasteiger charge is 2.32. The first kappa shape index (κ1) is 22.2. The summed E-state index contributed by atoms with van der Waals surface area (Å²) in [6.07, 6.45) is 1.10. The maximum atomic E-state index is 14.1. The second-order valence-electron chi connectivity index (χ2n) is 8.31. The van der Waals surface area contributed by atoms with Crippen LogP contribution in [-0.4, -0.2) is 49.1 Å². The average molecular weight is 487 g/mol. The van der Waals surface area contributed by atoms with Gasteiger partial charge in [-0.3, -0.25) is 9.59 Å². The number of carbonyl (C=O) groups excluding carboxylic acids is 1. The van der Waals surface area contributed by atoms with Crippen LogP contribution in [0, 0.1) is 11.6 Å². The van der Waals surface area contributed by atoms with Gasteiger partial charge in [-0.25, -0.2) is 17.2 Å². The third-order valence-electron chi connectivity index (χ3n) is 6.08. The average Bonchev–Trinajstić information content (AvgIpc) is 3.22. The second-order valence-corrected chi connectivity index (χ2v) is 10.3. The zero-order valence-electron chi connectivity index (χ0n) is 18.1. The van der Waals surface area contributed by atoms with Crippen molar-refractivity contribution in [2.24, 2.45) is 0 Å². The van der Waals surface area contributed by atoms with Crippen LogP contribution in [0.3, 0.4) is 0 Å². The highest BCUT2D eigenvalue weighted by atomic mass is 32.2. The number of hydrogen-bond donors (Lipinski definition) is 2. The topological polar surface area (TPSA) is 112 Å². The van der Waals surface area contributed by atoms with E-state index in [4.69, 9.17) is 4.74 Å². The number of likely N-dealkylation sites (N-methyl/N-ethyl adjacent to an activating group) is 1. The fourth-order valence-electron chi connectivity index (χ4n) is 4.34. The Kier molecular flexibility index (Phi) is 5.06. The van der Waals surface area contributed by atoms with Crippen LogP contribution in [0.2, 0.25) is 0 Å². The third-order valence-corrected chi connectivity index (χ3v) is 7.19. The predicted octanol–water partition coefficient (Wildman–Crippen LogP) is 3.03. The summed E-state index contributed by atoms with van der Waals surface area (Å²) in [5, 5.41) is 0.733. The molecule has 0 saturated heterocycles. The molecule has 0 radical (unpaired) electrons. The Balaban J connectivity index is 1.58. The molecular formula is C23H19F2N3O5S. The van der Waals surface area contributed by atoms with Crippen molar-refractivity contribution in [3.05, 3.63) is 75.3 Å². The van der Waals surface area contributed by atoms with Crippen molar-refractivity contribution in [3.8, 4) is 0 Å². The van der Waals surface area contributed by atoms with Gasteiger partial charge in [-0.1, -0.05) is 0 Å². The van der Waals surface area contributed by atoms with Gasteiger partial charge in [0.2, 0.25) is 0 Å². The number of aromatic amines is 2. The van der Waals surface area contributed by atoms with Gasteiger partial charge in [0.25, 0.3) is 11.5 Å². The summed E-state index contributed by atoms with van der Waals surface area (Å²) in [4.78, 5) is 32.9. The van der Waals surface area contributed by atoms with Crippen molar-refractivity contribution in [1.82, 2.24) is 14.9 Å². The monoisotopic (exact) mass is 487 g/mol. The van der Waals surface area contributed by atoms with Crippen molar-refractivity contribution in [1.29, 1.82) is 0 Å². The van der Waals surface area contributed by atoms with Gasteiger partial charge in [-0.05, 0) is 41.8 Å². The SMILES string of the molecule is CN(C(=O)c1cc2cc(S(C)(=O)=O)ccc2[nH]1)C1COCc2[nH]c(=O)c3cc(F)c(F)cc3c21. The van der Waals surface area contributed by atoms with Crippen LogP contribution in [0.15, 0.2) is 46.1 Å². The van der Waals surface area contributed by atoms with Crippen LogP contribution in [0.5, 0.6) is 0 Å². The number of nitrogens with one attached hydrogen (secondary N) is 2. The van der Waals surface area contributed by atoms with Crippen LogP contribution in [0.4, 0.5) is 8.78 Å². The Morgan fingerprint density at radius 2 is 1.79 bits per heavy atom. The molecule has 3 heterocycles. The normalized spacial score (nSPS) is 16.1. The Bertz CT molecular complexity index is 1660. The molecule has 1 atom stereocenters. The molecule has 1 aliphatic rings. The van der Waals surface area contributed by atoms with E-state index in [9.17, 15) is 26.8 Å². The van der Waals surface area contributed by atoms with Crippen molar-refractivity contribution in [3.63, 3.8) is 0 Å². The molecule has 0 bridgehead atoms. The molecule has 176 valence electrons. The maximum Gasteiger partial charge on any atom is 0.270 e. The Morgan fingerprint density at radius 3 is 2.50 bits per heavy atom. The molecule has 1 amide bonds. The summed E-state index contributed by atoms with van der Waals surface area (Å²) in [6, 6.07) is 7.17. The summed E-state index contributed by atoms with van der Waals surface area (Å²) in [7, 11) is -1.88. The highest BCUT2D eigenvalue weighted by Crippen LogP contribution is 2.34. The number of pyridine rings is 1. The van der Waals surface area contributed by atoms with E-state index >= 15 is 0 Å². The number of nitrogens with zero attached hydrogens (tertiary/aromatic N) is 1. The number of fused-ring (bicyclic) bond motifs is 4. The fraction of sp³-hybridized carbons (Fsp3) is 0.217. The lowest BCUT2D eigenvalue weighted by Crippen LogP contribution is -2.37. The number of H-pyrrole nitrogens is 2. The fourth-order valence-corrected chi connectivity index (χ4v) is 4.99. The van der Waals surface area contributed by atoms with Gasteiger partial charge in [-0.15, -0.1) is 0 Å². The lowest BCUT2D eigenvalue weighted by molar-refractivity contribution is 0.0333. The van der Waals surface area contributed by atoms with E-state index in [0.29, 0.717) is 22.2 Å². The van der Waals surface area contributed by atoms with Crippen molar-refractivity contribution < 1.29 is 26.7 Å². The summed E-state index contributed by atoms with van der Waals surface area (Å²) < 4.78 is 57.2. The van der Waals surface area contributed by atoms with Gasteiger partial charge in [-0.2, -0.15) is 0 Å². The molecule has 1 unspecified atom stereocenters. The smallest absolute Gasteiger partial charge is 0.270 e. The van der Waals surface area contributed by atoms with Gasteiger partial charge < -0.3 is 19.6 Å². The lowest BCUT2D eigenvalue weighted by Gasteiger charge is -2.33. The quantitative estimate of drug-likeness (QED) is 0.461. The zero-order valence-corrected chi connectivity index (χ0v) is 18.9. The summed E-state index contributed by atoms with van der Waals surface area (Å²) >= 11 is 0. The number of halogens is 2. The standard InChI is InChI=1S/C23H19F2N3O5S/c1-28(23(30)18-6-11-5-12(34(2,31)32)3-4-17(11)26-18)20-10-33-9-19-21(20)13-7-15(24)16(25)8-14(13)22(29)27-19/h3-8,20,26H,9-10H2,1-2H3,(H,27,29). The first-order valence-electron chi connectivity index (χ1n) is 10.3. The minimum Gasteiger partial charge on any atom is -0.373 e. The summed E-state index contributed by atoms with van der Waals surface area (Å²) in [6.45, 7) is 0.131. The minimum absolute atomic E-state index is 0.0238. The van der Waals surface area contributed by atoms with E-state index in [-0.39, 0.29) is 34.6 Å². The number of aromatic nitrogens is 2. The number of sulfone groups is 1. The van der Waals surface area contributed by atoms with Crippen molar-refractivity contribution >= 4 is 37.4 Å². The minimum atomic E-state index is -3.42. The van der Waals surface area contributed by atoms with Crippen LogP contribution in [0.25, 0.3) is 21.7 Å². The first-order chi connectivity index (χ1) is 16.0. The van der Waals surface area contributed by atoms with Crippen molar-refractivity contribution in [2.45, 2.75) is 17.5 Å². The number of hydrogen-bond acceptors (Lipinski definition) is 5. The number of amides is 1. The molecule has 5 rings (SSSR count). The summed E-state index contributed by atoms with van der Waals surface area (Å²) in [5.74, 6) is -2.67. The van der Waals surface area contributed by atoms with Crippen LogP contribution >= 0.6 is 0 Å². The maximum absolute atomic E-state index is 14.1. The van der Waals surface area contributed by atoms with Gasteiger partial charge in [0.05, 0.1) is 29.5 Å². The first-order valence-corrected chi connectivity index (χ1v) is 12.2. The van der Waals surface area contributed by atoms with Crippen LogP contribution < -0.4 is 5.56 Å². The molecule has 34 heavy (non-hydrogen) atoms. The van der Waals surface area contributed by atoms with E-state index in [1.807, 2.05) is 0 Å². The number of rotatable bonds is 3. The molecule has 2 aromatic heterocycles. The molecule has 0 spiro atoms. The second kappa shape index (κ2) is 7.74. The van der Waals surface area contributed by atoms with Crippen molar-refractivity contribution in [2.75, 3.05) is 19.9 Å². The molecule has 11 heteroatoms. The van der Waals surface area contributed by atoms with Crippen LogP contribution in [-0.2, 0) is 21.2 Å². The molecule has 1 aliphatic heterocycles. The van der Waals surface area contributed by atoms with E-state index in [1.165, 1.54) is 24.1 Å². The molecule has 2 N–H and O–H groups in total. The molecule has 4 aromatic rings. The molecular weight excluding hydrogens is 468 g/mol. The number of carbonyl (C=O) groups is 1. The van der Waals surface area contributed by atoms with Gasteiger partial charge >= 0.3 is 0 Å². The van der Waals surface area contributed by atoms with E-state index in [0.717, 1.165) is 18.4 Å². The molecule has 2 aromatic carbocycles. The Labute approximate surface area is 192 Å². The largest absolute Gasteiger partial charge is 0.373 e. The molecule has 0 aliphatic carbocycles. The molecule has 8 nitrogen and oxygen atoms in total. The van der Waals surface area contributed by atoms with Gasteiger partial charge in [0.1, 0.15) is 5.69 Å². The zero-order chi connectivity index (χ0) is 24.4. The molecule has 0 saturated carbocycles. The Morgan fingerprint density at radius 1 is 1.09 bits per heavy atom. The van der Waals surface area contributed by atoms with Crippen LogP contribution in [0.1, 0.15) is 27.8 Å². The van der Waals surface area contributed by atoms with E-state index in [1.54, 1.807) is 12.1 Å². The van der Waals surface area contributed by atoms with E-state index in [2.05, 4.69) is 9.97 Å². The number of benzene rings is 2. The van der Waals surface area contributed by atoms with E-state index < -0.39 is 39.0 Å². The van der Waals surface area contributed by atoms with Gasteiger partial charge in [0, 0.05) is 35.5 Å². The highest BCUT2D eigenvalue weighted by molar-refractivity contribution is 7.90.